The first kappa shape index (κ1) is 14.0. The molecule has 2 aliphatic rings. The molecule has 18 heavy (non-hydrogen) atoms. The van der Waals surface area contributed by atoms with Gasteiger partial charge in [0.15, 0.2) is 0 Å². The van der Waals surface area contributed by atoms with E-state index in [1.54, 1.807) is 0 Å². The smallest absolute Gasteiger partial charge is 0.150 e. The number of rotatable bonds is 3. The van der Waals surface area contributed by atoms with Gasteiger partial charge in [0.25, 0.3) is 0 Å². The second kappa shape index (κ2) is 5.70. The van der Waals surface area contributed by atoms with Gasteiger partial charge in [-0.25, -0.2) is 8.42 Å². The third-order valence-corrected chi connectivity index (χ3v) is 5.97. The van der Waals surface area contributed by atoms with Crippen LogP contribution in [0.15, 0.2) is 0 Å². The number of carbonyl (C=O) groups excluding carboxylic acids is 1. The zero-order valence-corrected chi connectivity index (χ0v) is 11.8. The minimum atomic E-state index is -2.99. The fourth-order valence-corrected chi connectivity index (χ4v) is 4.40. The van der Waals surface area contributed by atoms with Crippen molar-refractivity contribution in [3.8, 4) is 0 Å². The third kappa shape index (κ3) is 3.32. The highest BCUT2D eigenvalue weighted by molar-refractivity contribution is 7.91. The zero-order valence-electron chi connectivity index (χ0n) is 11.0. The molecule has 0 amide bonds. The molecule has 1 aliphatic heterocycles. The van der Waals surface area contributed by atoms with E-state index in [9.17, 15) is 13.2 Å². The minimum Gasteiger partial charge on any atom is -0.316 e. The topological polar surface area (TPSA) is 63.2 Å². The van der Waals surface area contributed by atoms with Crippen molar-refractivity contribution in [3.63, 3.8) is 0 Å². The van der Waals surface area contributed by atoms with Crippen LogP contribution in [-0.2, 0) is 14.6 Å². The van der Waals surface area contributed by atoms with Crippen LogP contribution in [0, 0.1) is 11.8 Å². The number of nitrogens with one attached hydrogen (secondary N) is 1. The van der Waals surface area contributed by atoms with E-state index in [1.807, 2.05) is 0 Å². The number of Topliss-reactive ketones (excluding diaryl/α,β-unsaturated/α-hetero) is 1. The van der Waals surface area contributed by atoms with Gasteiger partial charge in [0.05, 0.1) is 5.25 Å². The number of hydrogen-bond donors (Lipinski definition) is 1. The van der Waals surface area contributed by atoms with E-state index in [4.69, 9.17) is 0 Å². The molecule has 0 spiro atoms. The summed E-state index contributed by atoms with van der Waals surface area (Å²) in [5.74, 6) is 0.390. The van der Waals surface area contributed by atoms with Crippen LogP contribution in [0.3, 0.4) is 0 Å². The van der Waals surface area contributed by atoms with Crippen molar-refractivity contribution in [1.29, 1.82) is 0 Å². The number of ketones is 1. The number of hydrogen-bond acceptors (Lipinski definition) is 4. The largest absolute Gasteiger partial charge is 0.316 e. The van der Waals surface area contributed by atoms with Crippen molar-refractivity contribution in [1.82, 2.24) is 5.32 Å². The Morgan fingerprint density at radius 1 is 1.11 bits per heavy atom. The molecule has 0 aromatic carbocycles. The molecule has 104 valence electrons. The van der Waals surface area contributed by atoms with Crippen molar-refractivity contribution < 1.29 is 13.2 Å². The van der Waals surface area contributed by atoms with Gasteiger partial charge >= 0.3 is 0 Å². The van der Waals surface area contributed by atoms with Crippen molar-refractivity contribution in [2.75, 3.05) is 19.3 Å². The molecule has 0 aromatic rings. The molecule has 2 fully saturated rings. The van der Waals surface area contributed by atoms with Crippen molar-refractivity contribution >= 4 is 15.6 Å². The highest BCUT2D eigenvalue weighted by Gasteiger charge is 2.35. The number of sulfone groups is 1. The van der Waals surface area contributed by atoms with Gasteiger partial charge in [0, 0.05) is 24.6 Å². The van der Waals surface area contributed by atoms with E-state index in [-0.39, 0.29) is 17.1 Å². The second-order valence-electron chi connectivity index (χ2n) is 5.76. The van der Waals surface area contributed by atoms with Crippen LogP contribution >= 0.6 is 0 Å². The Hall–Kier alpha value is -0.420. The monoisotopic (exact) mass is 273 g/mol. The number of piperidine rings is 1. The van der Waals surface area contributed by atoms with E-state index < -0.39 is 9.84 Å². The molecule has 0 radical (unpaired) electrons. The Bertz CT molecular complexity index is 398. The fourth-order valence-electron chi connectivity index (χ4n) is 3.22. The van der Waals surface area contributed by atoms with Crippen LogP contribution < -0.4 is 5.32 Å². The molecule has 3 atom stereocenters. The fraction of sp³-hybridized carbons (Fsp3) is 0.923. The Morgan fingerprint density at radius 3 is 2.44 bits per heavy atom. The third-order valence-electron chi connectivity index (χ3n) is 4.33. The van der Waals surface area contributed by atoms with Gasteiger partial charge in [0.1, 0.15) is 15.6 Å². The van der Waals surface area contributed by atoms with E-state index in [0.29, 0.717) is 12.2 Å². The molecule has 1 N–H and O–H groups in total. The summed E-state index contributed by atoms with van der Waals surface area (Å²) in [6.07, 6.45) is 6.34. The quantitative estimate of drug-likeness (QED) is 0.838. The Kier molecular flexibility index (Phi) is 4.43. The van der Waals surface area contributed by atoms with Crippen LogP contribution in [-0.4, -0.2) is 38.8 Å². The Labute approximate surface area is 109 Å². The predicted molar refractivity (Wildman–Crippen MR) is 71.2 cm³/mol. The maximum absolute atomic E-state index is 12.4. The maximum atomic E-state index is 12.4. The molecule has 0 aromatic heterocycles. The lowest BCUT2D eigenvalue weighted by Gasteiger charge is -2.31. The van der Waals surface area contributed by atoms with Crippen LogP contribution in [0.5, 0.6) is 0 Å². The van der Waals surface area contributed by atoms with E-state index in [2.05, 4.69) is 5.32 Å². The average Bonchev–Trinajstić information content (AvgIpc) is 2.38. The zero-order chi connectivity index (χ0) is 13.2. The summed E-state index contributed by atoms with van der Waals surface area (Å²) in [4.78, 5) is 12.4. The molecule has 5 heteroatoms. The highest BCUT2D eigenvalue weighted by Crippen LogP contribution is 2.31. The molecule has 1 saturated heterocycles. The van der Waals surface area contributed by atoms with Crippen molar-refractivity contribution in [2.45, 2.75) is 43.8 Å². The normalized spacial score (nSPS) is 34.2. The molecule has 3 unspecified atom stereocenters. The molecule has 1 heterocycles. The van der Waals surface area contributed by atoms with Gasteiger partial charge in [0.2, 0.25) is 0 Å². The van der Waals surface area contributed by atoms with Gasteiger partial charge in [-0.1, -0.05) is 6.42 Å². The Morgan fingerprint density at radius 2 is 1.83 bits per heavy atom. The lowest BCUT2D eigenvalue weighted by Crippen LogP contribution is -2.40. The van der Waals surface area contributed by atoms with Crippen molar-refractivity contribution in [3.05, 3.63) is 0 Å². The summed E-state index contributed by atoms with van der Waals surface area (Å²) in [5, 5.41) is 2.96. The molecule has 0 bridgehead atoms. The van der Waals surface area contributed by atoms with Gasteiger partial charge in [-0.3, -0.25) is 4.79 Å². The maximum Gasteiger partial charge on any atom is 0.150 e. The van der Waals surface area contributed by atoms with E-state index in [1.165, 1.54) is 6.26 Å². The molecular weight excluding hydrogens is 250 g/mol. The standard InChI is InChI=1S/C13H23NO3S/c1-18(16,17)12-6-2-4-10(8-12)13(15)11-5-3-7-14-9-11/h10-12,14H,2-9H2,1H3. The van der Waals surface area contributed by atoms with E-state index in [0.717, 1.165) is 45.2 Å². The summed E-state index contributed by atoms with van der Waals surface area (Å²) < 4.78 is 23.2. The van der Waals surface area contributed by atoms with Crippen LogP contribution in [0.2, 0.25) is 0 Å². The molecule has 2 rings (SSSR count). The predicted octanol–water partition coefficient (Wildman–Crippen LogP) is 1.16. The molecule has 1 saturated carbocycles. The first-order valence-electron chi connectivity index (χ1n) is 6.92. The van der Waals surface area contributed by atoms with Crippen LogP contribution in [0.1, 0.15) is 38.5 Å². The van der Waals surface area contributed by atoms with Gasteiger partial charge in [-0.15, -0.1) is 0 Å². The van der Waals surface area contributed by atoms with Gasteiger partial charge in [-0.2, -0.15) is 0 Å². The summed E-state index contributed by atoms with van der Waals surface area (Å²) in [7, 11) is -2.99. The van der Waals surface area contributed by atoms with Crippen molar-refractivity contribution in [2.24, 2.45) is 11.8 Å². The first-order valence-corrected chi connectivity index (χ1v) is 8.87. The molecule has 4 nitrogen and oxygen atoms in total. The summed E-state index contributed by atoms with van der Waals surface area (Å²) in [5.41, 5.74) is 0. The van der Waals surface area contributed by atoms with Gasteiger partial charge in [-0.05, 0) is 38.6 Å². The van der Waals surface area contributed by atoms with E-state index >= 15 is 0 Å². The summed E-state index contributed by atoms with van der Waals surface area (Å²) in [6, 6.07) is 0. The average molecular weight is 273 g/mol. The second-order valence-corrected chi connectivity index (χ2v) is 8.09. The van der Waals surface area contributed by atoms with Crippen LogP contribution in [0.25, 0.3) is 0 Å². The molecule has 1 aliphatic carbocycles. The summed E-state index contributed by atoms with van der Waals surface area (Å²) >= 11 is 0. The Balaban J connectivity index is 1.97. The lowest BCUT2D eigenvalue weighted by atomic mass is 9.79. The van der Waals surface area contributed by atoms with Crippen LogP contribution in [0.4, 0.5) is 0 Å². The SMILES string of the molecule is CS(=O)(=O)C1CCCC(C(=O)C2CCCNC2)C1. The highest BCUT2D eigenvalue weighted by atomic mass is 32.2. The number of carbonyl (C=O) groups is 1. The molecular formula is C13H23NO3S. The summed E-state index contributed by atoms with van der Waals surface area (Å²) in [6.45, 7) is 1.78. The lowest BCUT2D eigenvalue weighted by molar-refractivity contribution is -0.128. The van der Waals surface area contributed by atoms with Gasteiger partial charge < -0.3 is 5.32 Å². The first-order chi connectivity index (χ1) is 8.48. The minimum absolute atomic E-state index is 0.0247.